The number of methoxy groups -OCH3 is 1. The van der Waals surface area contributed by atoms with Crippen molar-refractivity contribution in [1.82, 2.24) is 10.2 Å². The Balaban J connectivity index is 2.16. The monoisotopic (exact) mass is 367 g/mol. The number of ether oxygens (including phenoxy) is 1. The maximum Gasteiger partial charge on any atom is 0.235 e. The number of aromatic amines is 1. The molecule has 1 aliphatic rings. The van der Waals surface area contributed by atoms with Crippen molar-refractivity contribution >= 4 is 39.4 Å². The van der Waals surface area contributed by atoms with Crippen LogP contribution >= 0.6 is 27.7 Å². The lowest BCUT2D eigenvalue weighted by Crippen LogP contribution is -2.12. The smallest absolute Gasteiger partial charge is 0.235 e. The SMILES string of the molecule is COc1ccc(Br)cc1C1SCC(=O)Nc2n[nH]c(C)c21. The van der Waals surface area contributed by atoms with Crippen molar-refractivity contribution in [3.05, 3.63) is 39.5 Å². The molecule has 5 nitrogen and oxygen atoms in total. The summed E-state index contributed by atoms with van der Waals surface area (Å²) in [4.78, 5) is 11.8. The summed E-state index contributed by atoms with van der Waals surface area (Å²) in [6, 6.07) is 5.90. The van der Waals surface area contributed by atoms with E-state index < -0.39 is 0 Å². The Morgan fingerprint density at radius 1 is 1.48 bits per heavy atom. The summed E-state index contributed by atoms with van der Waals surface area (Å²) in [5, 5.41) is 9.98. The second-order valence-electron chi connectivity index (χ2n) is 4.74. The molecule has 0 spiro atoms. The number of thioether (sulfide) groups is 1. The average molecular weight is 368 g/mol. The highest BCUT2D eigenvalue weighted by Crippen LogP contribution is 2.45. The molecule has 21 heavy (non-hydrogen) atoms. The minimum Gasteiger partial charge on any atom is -0.496 e. The van der Waals surface area contributed by atoms with Gasteiger partial charge in [0.05, 0.1) is 18.1 Å². The molecule has 0 aliphatic carbocycles. The molecule has 3 rings (SSSR count). The van der Waals surface area contributed by atoms with Gasteiger partial charge in [-0.25, -0.2) is 0 Å². The first-order chi connectivity index (χ1) is 10.1. The molecule has 1 aromatic carbocycles. The van der Waals surface area contributed by atoms with Crippen molar-refractivity contribution in [2.45, 2.75) is 12.2 Å². The molecule has 0 bridgehead atoms. The van der Waals surface area contributed by atoms with Crippen LogP contribution in [-0.2, 0) is 4.79 Å². The number of anilines is 1. The van der Waals surface area contributed by atoms with Crippen molar-refractivity contribution in [1.29, 1.82) is 0 Å². The predicted molar refractivity (Wildman–Crippen MR) is 86.9 cm³/mol. The number of aromatic nitrogens is 2. The van der Waals surface area contributed by atoms with Gasteiger partial charge in [0.25, 0.3) is 0 Å². The van der Waals surface area contributed by atoms with Crippen LogP contribution < -0.4 is 10.1 Å². The Kier molecular flexibility index (Phi) is 3.95. The minimum atomic E-state index is -0.0378. The van der Waals surface area contributed by atoms with E-state index in [1.807, 2.05) is 25.1 Å². The molecule has 1 amide bonds. The van der Waals surface area contributed by atoms with Crippen LogP contribution in [0.3, 0.4) is 0 Å². The van der Waals surface area contributed by atoms with Crippen LogP contribution in [0.15, 0.2) is 22.7 Å². The molecule has 0 saturated carbocycles. The number of nitrogens with one attached hydrogen (secondary N) is 2. The summed E-state index contributed by atoms with van der Waals surface area (Å²) >= 11 is 5.07. The number of amides is 1. The lowest BCUT2D eigenvalue weighted by molar-refractivity contribution is -0.113. The van der Waals surface area contributed by atoms with Gasteiger partial charge in [0.2, 0.25) is 5.91 Å². The van der Waals surface area contributed by atoms with E-state index in [1.54, 1.807) is 18.9 Å². The molecule has 0 saturated heterocycles. The molecular formula is C14H14BrN3O2S. The predicted octanol–water partition coefficient (Wildman–Crippen LogP) is 3.26. The minimum absolute atomic E-state index is 0.00912. The Labute approximate surface area is 135 Å². The van der Waals surface area contributed by atoms with Crippen LogP contribution in [0.1, 0.15) is 22.1 Å². The molecular weight excluding hydrogens is 354 g/mol. The van der Waals surface area contributed by atoms with Crippen LogP contribution in [-0.4, -0.2) is 29.0 Å². The van der Waals surface area contributed by atoms with Gasteiger partial charge in [-0.3, -0.25) is 9.89 Å². The molecule has 1 aromatic heterocycles. The second-order valence-corrected chi connectivity index (χ2v) is 6.75. The number of nitrogens with zero attached hydrogens (tertiary/aromatic N) is 1. The summed E-state index contributed by atoms with van der Waals surface area (Å²) in [7, 11) is 1.65. The van der Waals surface area contributed by atoms with Gasteiger partial charge in [0.1, 0.15) is 5.75 Å². The van der Waals surface area contributed by atoms with E-state index in [-0.39, 0.29) is 11.2 Å². The molecule has 2 N–H and O–H groups in total. The van der Waals surface area contributed by atoms with Gasteiger partial charge in [-0.15, -0.1) is 11.8 Å². The van der Waals surface area contributed by atoms with Crippen molar-refractivity contribution < 1.29 is 9.53 Å². The van der Waals surface area contributed by atoms with Gasteiger partial charge in [-0.05, 0) is 25.1 Å². The lowest BCUT2D eigenvalue weighted by atomic mass is 10.0. The number of aryl methyl sites for hydroxylation is 1. The van der Waals surface area contributed by atoms with Gasteiger partial charge in [0, 0.05) is 21.3 Å². The Bertz CT molecular complexity index is 702. The van der Waals surface area contributed by atoms with Crippen molar-refractivity contribution in [3.63, 3.8) is 0 Å². The van der Waals surface area contributed by atoms with E-state index in [0.29, 0.717) is 11.6 Å². The van der Waals surface area contributed by atoms with Gasteiger partial charge >= 0.3 is 0 Å². The molecule has 110 valence electrons. The number of hydrogen-bond donors (Lipinski definition) is 2. The third kappa shape index (κ3) is 2.67. The summed E-state index contributed by atoms with van der Waals surface area (Å²) in [5.41, 5.74) is 2.98. The molecule has 2 heterocycles. The summed E-state index contributed by atoms with van der Waals surface area (Å²) in [6.45, 7) is 1.96. The van der Waals surface area contributed by atoms with Crippen molar-refractivity contribution in [2.75, 3.05) is 18.2 Å². The zero-order chi connectivity index (χ0) is 15.0. The zero-order valence-electron chi connectivity index (χ0n) is 11.6. The van der Waals surface area contributed by atoms with E-state index in [2.05, 4.69) is 31.4 Å². The second kappa shape index (κ2) is 5.73. The van der Waals surface area contributed by atoms with Crippen LogP contribution in [0, 0.1) is 6.92 Å². The molecule has 7 heteroatoms. The summed E-state index contributed by atoms with van der Waals surface area (Å²) < 4.78 is 6.46. The van der Waals surface area contributed by atoms with Crippen molar-refractivity contribution in [3.8, 4) is 5.75 Å². The molecule has 2 aromatic rings. The standard InChI is InChI=1S/C14H14BrN3O2S/c1-7-12-13(9-5-8(15)3-4-10(9)20-2)21-6-11(19)16-14(12)18-17-7/h3-5,13H,6H2,1-2H3,(H2,16,17,18,19). The largest absolute Gasteiger partial charge is 0.496 e. The fraction of sp³-hybridized carbons (Fsp3) is 0.286. The van der Waals surface area contributed by atoms with E-state index in [4.69, 9.17) is 4.74 Å². The van der Waals surface area contributed by atoms with E-state index >= 15 is 0 Å². The first kappa shape index (κ1) is 14.5. The number of carbonyl (C=O) groups is 1. The fourth-order valence-electron chi connectivity index (χ4n) is 2.42. The number of halogens is 1. The highest BCUT2D eigenvalue weighted by atomic mass is 79.9. The quantitative estimate of drug-likeness (QED) is 0.854. The van der Waals surface area contributed by atoms with Crippen molar-refractivity contribution in [2.24, 2.45) is 0 Å². The van der Waals surface area contributed by atoms with Crippen LogP contribution in [0.4, 0.5) is 5.82 Å². The normalized spacial score (nSPS) is 17.9. The zero-order valence-corrected chi connectivity index (χ0v) is 14.0. The Morgan fingerprint density at radius 2 is 2.29 bits per heavy atom. The lowest BCUT2D eigenvalue weighted by Gasteiger charge is -2.18. The number of hydrogen-bond acceptors (Lipinski definition) is 4. The summed E-state index contributed by atoms with van der Waals surface area (Å²) in [6.07, 6.45) is 0. The number of rotatable bonds is 2. The number of benzene rings is 1. The molecule has 0 radical (unpaired) electrons. The van der Waals surface area contributed by atoms with E-state index in [1.165, 1.54) is 0 Å². The number of carbonyl (C=O) groups excluding carboxylic acids is 1. The average Bonchev–Trinajstić information content (AvgIpc) is 2.72. The molecule has 0 fully saturated rings. The van der Waals surface area contributed by atoms with Gasteiger partial charge in [0.15, 0.2) is 5.82 Å². The highest BCUT2D eigenvalue weighted by molar-refractivity contribution is 9.10. The number of fused-ring (bicyclic) bond motifs is 1. The Hall–Kier alpha value is -1.47. The van der Waals surface area contributed by atoms with Gasteiger partial charge < -0.3 is 10.1 Å². The molecule has 1 atom stereocenters. The first-order valence-corrected chi connectivity index (χ1v) is 8.24. The van der Waals surface area contributed by atoms with Gasteiger partial charge in [-0.1, -0.05) is 15.9 Å². The third-order valence-corrected chi connectivity index (χ3v) is 5.11. The van der Waals surface area contributed by atoms with E-state index in [0.717, 1.165) is 27.0 Å². The third-order valence-electron chi connectivity index (χ3n) is 3.37. The van der Waals surface area contributed by atoms with Crippen LogP contribution in [0.25, 0.3) is 0 Å². The highest BCUT2D eigenvalue weighted by Gasteiger charge is 2.30. The molecule has 1 unspecified atom stereocenters. The fourth-order valence-corrected chi connectivity index (χ4v) is 4.01. The number of H-pyrrole nitrogens is 1. The van der Waals surface area contributed by atoms with Crippen LogP contribution in [0.5, 0.6) is 5.75 Å². The first-order valence-electron chi connectivity index (χ1n) is 6.40. The maximum atomic E-state index is 11.8. The van der Waals surface area contributed by atoms with Gasteiger partial charge in [-0.2, -0.15) is 5.10 Å². The van der Waals surface area contributed by atoms with E-state index in [9.17, 15) is 4.79 Å². The topological polar surface area (TPSA) is 67.0 Å². The van der Waals surface area contributed by atoms with Crippen LogP contribution in [0.2, 0.25) is 0 Å². The maximum absolute atomic E-state index is 11.8. The Morgan fingerprint density at radius 3 is 3.05 bits per heavy atom. The molecule has 1 aliphatic heterocycles. The summed E-state index contributed by atoms with van der Waals surface area (Å²) in [5.74, 6) is 1.76.